The summed E-state index contributed by atoms with van der Waals surface area (Å²) in [6.07, 6.45) is 1.49. The number of hydrogen-bond acceptors (Lipinski definition) is 5. The molecular formula is C24H20BrN7O2. The normalized spacial score (nSPS) is 11.2. The SMILES string of the molecule is Cc1cc(NC(=O)c2cccc(Br)c2)n(-c2nc3c(cnn3-c3ccc(C)c(C)c3)c(=O)[nH]2)n1. The Hall–Kier alpha value is -4.05. The number of fused-ring (bicyclic) bond motifs is 1. The number of halogens is 1. The van der Waals surface area contributed by atoms with E-state index >= 15 is 0 Å². The number of aromatic amines is 1. The Bertz CT molecular complexity index is 1630. The van der Waals surface area contributed by atoms with Gasteiger partial charge in [0.2, 0.25) is 5.95 Å². The Kier molecular flexibility index (Phi) is 5.37. The molecule has 0 bridgehead atoms. The lowest BCUT2D eigenvalue weighted by Crippen LogP contribution is -2.19. The van der Waals surface area contributed by atoms with Crippen molar-refractivity contribution in [2.24, 2.45) is 0 Å². The van der Waals surface area contributed by atoms with Gasteiger partial charge in [0, 0.05) is 16.1 Å². The van der Waals surface area contributed by atoms with E-state index in [1.807, 2.05) is 38.1 Å². The maximum atomic E-state index is 12.9. The number of carbonyl (C=O) groups is 1. The summed E-state index contributed by atoms with van der Waals surface area (Å²) in [5.74, 6) is 0.231. The van der Waals surface area contributed by atoms with E-state index < -0.39 is 0 Å². The summed E-state index contributed by atoms with van der Waals surface area (Å²) in [6.45, 7) is 5.84. The van der Waals surface area contributed by atoms with Crippen molar-refractivity contribution >= 4 is 38.7 Å². The highest BCUT2D eigenvalue weighted by atomic mass is 79.9. The molecule has 2 N–H and O–H groups in total. The minimum absolute atomic E-state index is 0.167. The number of hydrogen-bond donors (Lipinski definition) is 2. The van der Waals surface area contributed by atoms with Crippen molar-refractivity contribution in [3.05, 3.63) is 91.9 Å². The molecule has 0 aliphatic rings. The van der Waals surface area contributed by atoms with Gasteiger partial charge in [-0.25, -0.2) is 4.68 Å². The van der Waals surface area contributed by atoms with Crippen LogP contribution < -0.4 is 10.9 Å². The third-order valence-corrected chi connectivity index (χ3v) is 6.01. The van der Waals surface area contributed by atoms with Crippen molar-refractivity contribution in [3.63, 3.8) is 0 Å². The predicted molar refractivity (Wildman–Crippen MR) is 133 cm³/mol. The number of anilines is 1. The van der Waals surface area contributed by atoms with Crippen molar-refractivity contribution < 1.29 is 4.79 Å². The van der Waals surface area contributed by atoms with E-state index in [9.17, 15) is 9.59 Å². The van der Waals surface area contributed by atoms with Gasteiger partial charge in [0.15, 0.2) is 5.65 Å². The van der Waals surface area contributed by atoms with E-state index in [2.05, 4.69) is 41.4 Å². The predicted octanol–water partition coefficient (Wildman–Crippen LogP) is 4.23. The Morgan fingerprint density at radius 2 is 1.85 bits per heavy atom. The molecular weight excluding hydrogens is 498 g/mol. The molecule has 170 valence electrons. The van der Waals surface area contributed by atoms with Gasteiger partial charge in [0.05, 0.1) is 17.6 Å². The number of amides is 1. The van der Waals surface area contributed by atoms with Crippen molar-refractivity contribution in [1.29, 1.82) is 0 Å². The molecule has 10 heteroatoms. The molecule has 0 fully saturated rings. The minimum Gasteiger partial charge on any atom is -0.306 e. The van der Waals surface area contributed by atoms with Gasteiger partial charge in [-0.3, -0.25) is 14.6 Å². The van der Waals surface area contributed by atoms with Crippen LogP contribution in [0.25, 0.3) is 22.7 Å². The van der Waals surface area contributed by atoms with Gasteiger partial charge in [-0.1, -0.05) is 28.1 Å². The molecule has 0 unspecified atom stereocenters. The summed E-state index contributed by atoms with van der Waals surface area (Å²) >= 11 is 3.38. The van der Waals surface area contributed by atoms with Crippen LogP contribution in [0.15, 0.2) is 64.0 Å². The van der Waals surface area contributed by atoms with Gasteiger partial charge >= 0.3 is 0 Å². The van der Waals surface area contributed by atoms with Gasteiger partial charge in [-0.05, 0) is 62.2 Å². The lowest BCUT2D eigenvalue weighted by Gasteiger charge is -2.10. The molecule has 0 aliphatic heterocycles. The molecule has 9 nitrogen and oxygen atoms in total. The van der Waals surface area contributed by atoms with E-state index in [1.165, 1.54) is 10.9 Å². The van der Waals surface area contributed by atoms with Gasteiger partial charge in [-0.2, -0.15) is 19.9 Å². The quantitative estimate of drug-likeness (QED) is 0.370. The summed E-state index contributed by atoms with van der Waals surface area (Å²) in [5, 5.41) is 12.0. The average Bonchev–Trinajstić information content (AvgIpc) is 3.39. The molecule has 5 rings (SSSR count). The monoisotopic (exact) mass is 517 g/mol. The molecule has 0 saturated heterocycles. The van der Waals surface area contributed by atoms with Crippen LogP contribution in [0.3, 0.4) is 0 Å². The Labute approximate surface area is 202 Å². The number of aryl methyl sites for hydroxylation is 3. The van der Waals surface area contributed by atoms with Crippen LogP contribution in [0.4, 0.5) is 5.82 Å². The van der Waals surface area contributed by atoms with Crippen LogP contribution in [0.1, 0.15) is 27.2 Å². The number of rotatable bonds is 4. The van der Waals surface area contributed by atoms with E-state index in [-0.39, 0.29) is 17.4 Å². The van der Waals surface area contributed by atoms with Gasteiger partial charge in [0.25, 0.3) is 11.5 Å². The first-order chi connectivity index (χ1) is 16.3. The summed E-state index contributed by atoms with van der Waals surface area (Å²) in [5.41, 5.74) is 4.21. The highest BCUT2D eigenvalue weighted by Gasteiger charge is 2.17. The molecule has 0 atom stereocenters. The lowest BCUT2D eigenvalue weighted by molar-refractivity contribution is 0.102. The van der Waals surface area contributed by atoms with Crippen LogP contribution in [-0.4, -0.2) is 35.4 Å². The zero-order valence-corrected chi connectivity index (χ0v) is 20.2. The van der Waals surface area contributed by atoms with Crippen LogP contribution in [0.2, 0.25) is 0 Å². The van der Waals surface area contributed by atoms with E-state index in [0.717, 1.165) is 21.3 Å². The van der Waals surface area contributed by atoms with Crippen molar-refractivity contribution in [2.75, 3.05) is 5.32 Å². The van der Waals surface area contributed by atoms with Gasteiger partial charge in [0.1, 0.15) is 11.2 Å². The molecule has 34 heavy (non-hydrogen) atoms. The second-order valence-corrected chi connectivity index (χ2v) is 8.91. The highest BCUT2D eigenvalue weighted by molar-refractivity contribution is 9.10. The maximum Gasteiger partial charge on any atom is 0.263 e. The van der Waals surface area contributed by atoms with E-state index in [1.54, 1.807) is 35.9 Å². The Morgan fingerprint density at radius 3 is 2.62 bits per heavy atom. The zero-order chi connectivity index (χ0) is 24.0. The standard InChI is InChI=1S/C24H20BrN7O2/c1-13-7-8-18(9-14(13)2)31-21-19(12-26-31)23(34)29-24(28-21)32-20(10-15(3)30-32)27-22(33)16-5-4-6-17(25)11-16/h4-12H,1-3H3,(H,27,33)(H,28,29,34). The van der Waals surface area contributed by atoms with Crippen LogP contribution in [-0.2, 0) is 0 Å². The third kappa shape index (κ3) is 3.92. The number of nitrogens with one attached hydrogen (secondary N) is 2. The number of nitrogens with zero attached hydrogens (tertiary/aromatic N) is 5. The molecule has 2 aromatic carbocycles. The molecule has 0 aliphatic carbocycles. The fraction of sp³-hybridized carbons (Fsp3) is 0.125. The summed E-state index contributed by atoms with van der Waals surface area (Å²) in [4.78, 5) is 33.1. The Balaban J connectivity index is 1.59. The van der Waals surface area contributed by atoms with Crippen molar-refractivity contribution in [1.82, 2.24) is 29.5 Å². The molecule has 3 aromatic heterocycles. The number of benzene rings is 2. The second-order valence-electron chi connectivity index (χ2n) is 8.00. The zero-order valence-electron chi connectivity index (χ0n) is 18.6. The first-order valence-corrected chi connectivity index (χ1v) is 11.3. The van der Waals surface area contributed by atoms with Crippen molar-refractivity contribution in [2.45, 2.75) is 20.8 Å². The lowest BCUT2D eigenvalue weighted by atomic mass is 10.1. The van der Waals surface area contributed by atoms with Crippen LogP contribution in [0.5, 0.6) is 0 Å². The second kappa shape index (κ2) is 8.38. The first-order valence-electron chi connectivity index (χ1n) is 10.5. The maximum absolute atomic E-state index is 12.9. The summed E-state index contributed by atoms with van der Waals surface area (Å²) in [6, 6.07) is 14.7. The van der Waals surface area contributed by atoms with Crippen LogP contribution >= 0.6 is 15.9 Å². The largest absolute Gasteiger partial charge is 0.306 e. The number of H-pyrrole nitrogens is 1. The fourth-order valence-electron chi connectivity index (χ4n) is 3.62. The number of aromatic nitrogens is 6. The third-order valence-electron chi connectivity index (χ3n) is 5.52. The molecule has 0 spiro atoms. The molecule has 5 aromatic rings. The average molecular weight is 518 g/mol. The summed E-state index contributed by atoms with van der Waals surface area (Å²) in [7, 11) is 0. The topological polar surface area (TPSA) is 110 Å². The van der Waals surface area contributed by atoms with E-state index in [0.29, 0.717) is 28.1 Å². The van der Waals surface area contributed by atoms with Crippen LogP contribution in [0, 0.1) is 20.8 Å². The molecule has 1 amide bonds. The minimum atomic E-state index is -0.354. The number of carbonyl (C=O) groups excluding carboxylic acids is 1. The first kappa shape index (κ1) is 21.8. The molecule has 0 radical (unpaired) electrons. The van der Waals surface area contributed by atoms with Gasteiger partial charge in [-0.15, -0.1) is 0 Å². The van der Waals surface area contributed by atoms with E-state index in [4.69, 9.17) is 0 Å². The Morgan fingerprint density at radius 1 is 1.03 bits per heavy atom. The smallest absolute Gasteiger partial charge is 0.263 e. The molecule has 0 saturated carbocycles. The summed E-state index contributed by atoms with van der Waals surface area (Å²) < 4.78 is 3.82. The van der Waals surface area contributed by atoms with Gasteiger partial charge < -0.3 is 5.32 Å². The molecule has 3 heterocycles. The fourth-order valence-corrected chi connectivity index (χ4v) is 4.02. The highest BCUT2D eigenvalue weighted by Crippen LogP contribution is 2.20. The van der Waals surface area contributed by atoms with Crippen molar-refractivity contribution in [3.8, 4) is 11.6 Å².